The van der Waals surface area contributed by atoms with E-state index in [1.54, 1.807) is 21.3 Å². The monoisotopic (exact) mass is 396 g/mol. The minimum absolute atomic E-state index is 0.480. The molecule has 0 radical (unpaired) electrons. The van der Waals surface area contributed by atoms with E-state index >= 15 is 0 Å². The van der Waals surface area contributed by atoms with Crippen LogP contribution < -0.4 is 24.0 Å². The van der Waals surface area contributed by atoms with Crippen LogP contribution in [0.15, 0.2) is 47.0 Å². The Hall–Kier alpha value is -3.42. The summed E-state index contributed by atoms with van der Waals surface area (Å²) in [4.78, 5) is 9.02. The summed E-state index contributed by atoms with van der Waals surface area (Å²) >= 11 is 0. The maximum Gasteiger partial charge on any atom is 0.324 e. The largest absolute Gasteiger partial charge is 0.497 e. The molecule has 29 heavy (non-hydrogen) atoms. The van der Waals surface area contributed by atoms with Crippen LogP contribution in [0.2, 0.25) is 0 Å². The van der Waals surface area contributed by atoms with E-state index in [0.29, 0.717) is 23.3 Å². The van der Waals surface area contributed by atoms with Gasteiger partial charge in [0.15, 0.2) is 0 Å². The van der Waals surface area contributed by atoms with Crippen LogP contribution in [-0.2, 0) is 0 Å². The molecule has 2 heterocycles. The Kier molecular flexibility index (Phi) is 5.41. The number of ether oxygens (including phenoxy) is 3. The Morgan fingerprint density at radius 1 is 0.793 bits per heavy atom. The van der Waals surface area contributed by atoms with E-state index in [-0.39, 0.29) is 0 Å². The van der Waals surface area contributed by atoms with Crippen LogP contribution in [0.3, 0.4) is 0 Å². The fraction of sp³-hybridized carbons (Fsp3) is 0.333. The summed E-state index contributed by atoms with van der Waals surface area (Å²) in [5.74, 6) is 2.72. The van der Waals surface area contributed by atoms with Crippen molar-refractivity contribution in [3.63, 3.8) is 0 Å². The zero-order chi connectivity index (χ0) is 20.2. The third kappa shape index (κ3) is 3.91. The molecule has 0 bridgehead atoms. The van der Waals surface area contributed by atoms with Crippen molar-refractivity contribution in [3.05, 3.63) is 42.5 Å². The molecule has 1 fully saturated rings. The molecule has 1 aliphatic rings. The molecule has 152 valence electrons. The molecule has 4 rings (SSSR count). The van der Waals surface area contributed by atoms with Gasteiger partial charge in [-0.1, -0.05) is 5.16 Å². The molecule has 1 saturated heterocycles. The number of nitrogens with zero attached hydrogens (tertiary/aromatic N) is 4. The minimum Gasteiger partial charge on any atom is -0.497 e. The number of benzene rings is 2. The van der Waals surface area contributed by atoms with Crippen molar-refractivity contribution in [2.24, 2.45) is 0 Å². The quantitative estimate of drug-likeness (QED) is 0.629. The van der Waals surface area contributed by atoms with Crippen LogP contribution in [0.1, 0.15) is 0 Å². The van der Waals surface area contributed by atoms with Crippen LogP contribution in [0.25, 0.3) is 11.4 Å². The molecule has 0 atom stereocenters. The number of methoxy groups -OCH3 is 3. The summed E-state index contributed by atoms with van der Waals surface area (Å²) in [5.41, 5.74) is 1.91. The van der Waals surface area contributed by atoms with E-state index in [9.17, 15) is 0 Å². The van der Waals surface area contributed by atoms with Crippen LogP contribution in [0.5, 0.6) is 17.2 Å². The summed E-state index contributed by atoms with van der Waals surface area (Å²) in [7, 11) is 4.91. The van der Waals surface area contributed by atoms with Gasteiger partial charge < -0.3 is 28.5 Å². The molecule has 0 amide bonds. The fourth-order valence-electron chi connectivity index (χ4n) is 3.39. The molecule has 1 aliphatic heterocycles. The number of rotatable bonds is 6. The van der Waals surface area contributed by atoms with Crippen LogP contribution >= 0.6 is 0 Å². The van der Waals surface area contributed by atoms with Crippen molar-refractivity contribution in [3.8, 4) is 28.6 Å². The lowest BCUT2D eigenvalue weighted by molar-refractivity contribution is 0.400. The van der Waals surface area contributed by atoms with Crippen molar-refractivity contribution in [1.82, 2.24) is 10.1 Å². The average molecular weight is 396 g/mol. The first kappa shape index (κ1) is 18.9. The highest BCUT2D eigenvalue weighted by atomic mass is 16.5. The minimum atomic E-state index is 0.480. The van der Waals surface area contributed by atoms with E-state index in [2.05, 4.69) is 32.1 Å². The molecule has 0 N–H and O–H groups in total. The lowest BCUT2D eigenvalue weighted by Crippen LogP contribution is -2.46. The highest BCUT2D eigenvalue weighted by Crippen LogP contribution is 2.33. The van der Waals surface area contributed by atoms with Crippen molar-refractivity contribution in [1.29, 1.82) is 0 Å². The number of hydrogen-bond donors (Lipinski definition) is 0. The first-order chi connectivity index (χ1) is 14.2. The summed E-state index contributed by atoms with van der Waals surface area (Å²) < 4.78 is 21.5. The van der Waals surface area contributed by atoms with Gasteiger partial charge in [0.1, 0.15) is 17.2 Å². The van der Waals surface area contributed by atoms with Crippen LogP contribution in [0.4, 0.5) is 11.7 Å². The van der Waals surface area contributed by atoms with Crippen molar-refractivity contribution >= 4 is 11.7 Å². The van der Waals surface area contributed by atoms with Gasteiger partial charge in [-0.3, -0.25) is 0 Å². The van der Waals surface area contributed by atoms with Gasteiger partial charge in [0.2, 0.25) is 5.82 Å². The summed E-state index contributed by atoms with van der Waals surface area (Å²) in [6, 6.07) is 14.1. The van der Waals surface area contributed by atoms with Gasteiger partial charge in [-0.2, -0.15) is 4.98 Å². The molecule has 0 aliphatic carbocycles. The molecule has 3 aromatic rings. The average Bonchev–Trinajstić information content (AvgIpc) is 3.29. The topological polar surface area (TPSA) is 73.1 Å². The van der Waals surface area contributed by atoms with Crippen molar-refractivity contribution in [2.45, 2.75) is 0 Å². The van der Waals surface area contributed by atoms with Gasteiger partial charge in [0, 0.05) is 31.9 Å². The van der Waals surface area contributed by atoms with Gasteiger partial charge in [0.05, 0.1) is 26.9 Å². The van der Waals surface area contributed by atoms with E-state index in [1.165, 1.54) is 5.69 Å². The van der Waals surface area contributed by atoms with E-state index in [0.717, 1.165) is 37.5 Å². The SMILES string of the molecule is COc1ccc(N2CCN(c3nc(-c4cc(OC)ccc4OC)no3)CC2)cc1. The maximum absolute atomic E-state index is 5.54. The second-order valence-electron chi connectivity index (χ2n) is 6.64. The zero-order valence-corrected chi connectivity index (χ0v) is 16.8. The Balaban J connectivity index is 1.46. The Labute approximate surface area is 169 Å². The molecule has 8 nitrogen and oxygen atoms in total. The normalized spacial score (nSPS) is 14.0. The number of anilines is 2. The second-order valence-corrected chi connectivity index (χ2v) is 6.64. The molecular weight excluding hydrogens is 372 g/mol. The van der Waals surface area contributed by atoms with Crippen LogP contribution in [0, 0.1) is 0 Å². The lowest BCUT2D eigenvalue weighted by atomic mass is 10.2. The van der Waals surface area contributed by atoms with E-state index in [4.69, 9.17) is 18.7 Å². The highest BCUT2D eigenvalue weighted by molar-refractivity contribution is 5.66. The molecule has 1 aromatic heterocycles. The van der Waals surface area contributed by atoms with Gasteiger partial charge >= 0.3 is 6.01 Å². The highest BCUT2D eigenvalue weighted by Gasteiger charge is 2.23. The number of piperazine rings is 1. The number of aromatic nitrogens is 2. The van der Waals surface area contributed by atoms with Gasteiger partial charge in [-0.05, 0) is 42.5 Å². The predicted octanol–water partition coefficient (Wildman–Crippen LogP) is 3.09. The maximum atomic E-state index is 5.54. The summed E-state index contributed by atoms with van der Waals surface area (Å²) in [6.45, 7) is 3.32. The Bertz CT molecular complexity index is 950. The third-order valence-corrected chi connectivity index (χ3v) is 5.05. The smallest absolute Gasteiger partial charge is 0.324 e. The third-order valence-electron chi connectivity index (χ3n) is 5.05. The fourth-order valence-corrected chi connectivity index (χ4v) is 3.39. The van der Waals surface area contributed by atoms with Gasteiger partial charge in [-0.25, -0.2) is 0 Å². The first-order valence-corrected chi connectivity index (χ1v) is 9.42. The molecule has 2 aromatic carbocycles. The molecule has 0 saturated carbocycles. The Morgan fingerprint density at radius 3 is 2.10 bits per heavy atom. The zero-order valence-electron chi connectivity index (χ0n) is 16.8. The van der Waals surface area contributed by atoms with Crippen molar-refractivity contribution in [2.75, 3.05) is 57.3 Å². The standard InChI is InChI=1S/C21H24N4O4/c1-26-16-6-4-15(5-7-16)24-10-12-25(13-11-24)21-22-20(23-29-21)18-14-17(27-2)8-9-19(18)28-3/h4-9,14H,10-13H2,1-3H3. The van der Waals surface area contributed by atoms with Crippen LogP contribution in [-0.4, -0.2) is 57.6 Å². The molecule has 0 spiro atoms. The Morgan fingerprint density at radius 2 is 1.45 bits per heavy atom. The second kappa shape index (κ2) is 8.30. The van der Waals surface area contributed by atoms with Gasteiger partial charge in [0.25, 0.3) is 0 Å². The predicted molar refractivity (Wildman–Crippen MR) is 110 cm³/mol. The molecule has 8 heteroatoms. The van der Waals surface area contributed by atoms with Gasteiger partial charge in [-0.15, -0.1) is 0 Å². The van der Waals surface area contributed by atoms with E-state index < -0.39 is 0 Å². The van der Waals surface area contributed by atoms with Crippen molar-refractivity contribution < 1.29 is 18.7 Å². The molecule has 0 unspecified atom stereocenters. The molecular formula is C21H24N4O4. The summed E-state index contributed by atoms with van der Waals surface area (Å²) in [6.07, 6.45) is 0. The summed E-state index contributed by atoms with van der Waals surface area (Å²) in [5, 5.41) is 4.15. The lowest BCUT2D eigenvalue weighted by Gasteiger charge is -2.35. The first-order valence-electron chi connectivity index (χ1n) is 9.42. The number of hydrogen-bond acceptors (Lipinski definition) is 8. The van der Waals surface area contributed by atoms with E-state index in [1.807, 2.05) is 30.3 Å².